The van der Waals surface area contributed by atoms with E-state index in [-0.39, 0.29) is 0 Å². The van der Waals surface area contributed by atoms with E-state index >= 15 is 0 Å². The lowest BCUT2D eigenvalue weighted by Crippen LogP contribution is -2.27. The molecule has 3 rings (SSSR count). The highest BCUT2D eigenvalue weighted by atomic mass is 15.2. The summed E-state index contributed by atoms with van der Waals surface area (Å²) in [5, 5.41) is 3.29. The predicted octanol–water partition coefficient (Wildman–Crippen LogP) is 2.40. The van der Waals surface area contributed by atoms with Crippen molar-refractivity contribution in [1.29, 1.82) is 0 Å². The van der Waals surface area contributed by atoms with E-state index in [2.05, 4.69) is 33.4 Å². The second-order valence-electron chi connectivity index (χ2n) is 5.12. The van der Waals surface area contributed by atoms with Crippen LogP contribution in [0.5, 0.6) is 0 Å². The van der Waals surface area contributed by atoms with Crippen molar-refractivity contribution in [3.8, 4) is 0 Å². The monoisotopic (exact) mass is 259 g/mol. The van der Waals surface area contributed by atoms with Gasteiger partial charge in [0.05, 0.1) is 6.20 Å². The second kappa shape index (κ2) is 5.07. The Morgan fingerprint density at radius 2 is 2.26 bits per heavy atom. The van der Waals surface area contributed by atoms with Crippen LogP contribution in [0.3, 0.4) is 0 Å². The first kappa shape index (κ1) is 12.3. The van der Waals surface area contributed by atoms with Gasteiger partial charge in [-0.25, -0.2) is 9.97 Å². The van der Waals surface area contributed by atoms with Crippen molar-refractivity contribution in [2.45, 2.75) is 26.7 Å². The summed E-state index contributed by atoms with van der Waals surface area (Å²) in [5.41, 5.74) is 0.948. The third-order valence-electron chi connectivity index (χ3n) is 3.57. The predicted molar refractivity (Wildman–Crippen MR) is 77.8 cm³/mol. The van der Waals surface area contributed by atoms with E-state index < -0.39 is 0 Å². The summed E-state index contributed by atoms with van der Waals surface area (Å²) in [6, 6.07) is 0. The molecule has 0 amide bonds. The lowest BCUT2D eigenvalue weighted by Gasteiger charge is -2.23. The fraction of sp³-hybridized carbons (Fsp3) is 0.571. The van der Waals surface area contributed by atoms with Crippen LogP contribution in [0.2, 0.25) is 0 Å². The van der Waals surface area contributed by atoms with E-state index in [1.165, 1.54) is 12.8 Å². The van der Waals surface area contributed by atoms with Crippen LogP contribution >= 0.6 is 0 Å². The van der Waals surface area contributed by atoms with Crippen LogP contribution in [0.1, 0.15) is 26.7 Å². The van der Waals surface area contributed by atoms with Gasteiger partial charge in [-0.15, -0.1) is 0 Å². The highest BCUT2D eigenvalue weighted by Crippen LogP contribution is 2.32. The summed E-state index contributed by atoms with van der Waals surface area (Å²) in [6.45, 7) is 7.22. The van der Waals surface area contributed by atoms with Crippen LogP contribution in [0.15, 0.2) is 18.6 Å². The number of hydrogen-bond acceptors (Lipinski definition) is 4. The maximum atomic E-state index is 4.75. The van der Waals surface area contributed by atoms with Gasteiger partial charge in [0.25, 0.3) is 0 Å². The minimum absolute atomic E-state index is 0.847. The average Bonchev–Trinajstić information content (AvgIpc) is 3.11. The molecule has 1 aliphatic carbocycles. The maximum Gasteiger partial charge on any atom is 0.180 e. The SMILES string of the molecule is CCNc1cn2ccnc2c(N(CC)CC2CC2)n1. The molecule has 102 valence electrons. The fourth-order valence-electron chi connectivity index (χ4n) is 2.37. The van der Waals surface area contributed by atoms with Crippen LogP contribution in [0.4, 0.5) is 11.6 Å². The molecule has 0 radical (unpaired) electrons. The zero-order valence-corrected chi connectivity index (χ0v) is 11.6. The number of hydrogen-bond donors (Lipinski definition) is 1. The molecule has 1 fully saturated rings. The molecule has 0 saturated heterocycles. The van der Waals surface area contributed by atoms with E-state index in [9.17, 15) is 0 Å². The Balaban J connectivity index is 2.00. The number of nitrogens with zero attached hydrogens (tertiary/aromatic N) is 4. The topological polar surface area (TPSA) is 45.5 Å². The quantitative estimate of drug-likeness (QED) is 0.865. The molecule has 0 atom stereocenters. The van der Waals surface area contributed by atoms with Crippen LogP contribution in [0, 0.1) is 5.92 Å². The minimum Gasteiger partial charge on any atom is -0.369 e. The molecule has 1 N–H and O–H groups in total. The zero-order chi connectivity index (χ0) is 13.2. The maximum absolute atomic E-state index is 4.75. The highest BCUT2D eigenvalue weighted by Gasteiger charge is 2.25. The molecule has 1 saturated carbocycles. The molecule has 0 spiro atoms. The van der Waals surface area contributed by atoms with Crippen molar-refractivity contribution >= 4 is 17.3 Å². The molecule has 19 heavy (non-hydrogen) atoms. The molecule has 0 unspecified atom stereocenters. The van der Waals surface area contributed by atoms with E-state index in [0.29, 0.717) is 0 Å². The van der Waals surface area contributed by atoms with Crippen LogP contribution < -0.4 is 10.2 Å². The molecule has 0 bridgehead atoms. The molecule has 2 heterocycles. The van der Waals surface area contributed by atoms with E-state index in [1.807, 2.05) is 18.6 Å². The molecule has 2 aromatic heterocycles. The van der Waals surface area contributed by atoms with E-state index in [0.717, 1.165) is 42.8 Å². The first-order valence-electron chi connectivity index (χ1n) is 7.14. The summed E-state index contributed by atoms with van der Waals surface area (Å²) in [5.74, 6) is 2.76. The van der Waals surface area contributed by atoms with Crippen molar-refractivity contribution < 1.29 is 0 Å². The van der Waals surface area contributed by atoms with Crippen LogP contribution in [0.25, 0.3) is 5.65 Å². The molecule has 5 nitrogen and oxygen atoms in total. The zero-order valence-electron chi connectivity index (χ0n) is 11.6. The number of aromatic nitrogens is 3. The van der Waals surface area contributed by atoms with Crippen molar-refractivity contribution in [3.63, 3.8) is 0 Å². The largest absolute Gasteiger partial charge is 0.369 e. The van der Waals surface area contributed by atoms with Gasteiger partial charge in [-0.05, 0) is 32.6 Å². The standard InChI is InChI=1S/C14H21N5/c1-3-15-12-10-19-8-7-16-13(19)14(17-12)18(4-2)9-11-5-6-11/h7-8,10-11,15H,3-6,9H2,1-2H3. The molecule has 0 aliphatic heterocycles. The van der Waals surface area contributed by atoms with E-state index in [1.54, 1.807) is 0 Å². The van der Waals surface area contributed by atoms with Gasteiger partial charge in [-0.1, -0.05) is 0 Å². The van der Waals surface area contributed by atoms with Gasteiger partial charge < -0.3 is 14.6 Å². The Bertz CT molecular complexity index is 558. The first-order chi connectivity index (χ1) is 9.31. The van der Waals surface area contributed by atoms with Crippen molar-refractivity contribution in [3.05, 3.63) is 18.6 Å². The Labute approximate surface area is 113 Å². The normalized spacial score (nSPS) is 14.8. The molecular formula is C14H21N5. The van der Waals surface area contributed by atoms with Gasteiger partial charge in [0, 0.05) is 32.0 Å². The summed E-state index contributed by atoms with van der Waals surface area (Å²) >= 11 is 0. The molecule has 5 heteroatoms. The first-order valence-corrected chi connectivity index (χ1v) is 7.14. The smallest absolute Gasteiger partial charge is 0.180 e. The summed E-state index contributed by atoms with van der Waals surface area (Å²) in [6.07, 6.45) is 8.52. The Morgan fingerprint density at radius 3 is 2.95 bits per heavy atom. The summed E-state index contributed by atoms with van der Waals surface area (Å²) in [7, 11) is 0. The third-order valence-corrected chi connectivity index (χ3v) is 3.57. The minimum atomic E-state index is 0.847. The lowest BCUT2D eigenvalue weighted by molar-refractivity contribution is 0.732. The van der Waals surface area contributed by atoms with E-state index in [4.69, 9.17) is 4.98 Å². The average molecular weight is 259 g/mol. The second-order valence-corrected chi connectivity index (χ2v) is 5.12. The van der Waals surface area contributed by atoms with Gasteiger partial charge in [0.1, 0.15) is 5.82 Å². The number of imidazole rings is 1. The van der Waals surface area contributed by atoms with Crippen molar-refractivity contribution in [2.24, 2.45) is 5.92 Å². The fourth-order valence-corrected chi connectivity index (χ4v) is 2.37. The number of anilines is 2. The van der Waals surface area contributed by atoms with Gasteiger partial charge in [0.2, 0.25) is 0 Å². The summed E-state index contributed by atoms with van der Waals surface area (Å²) < 4.78 is 2.05. The Hall–Kier alpha value is -1.78. The van der Waals surface area contributed by atoms with Crippen LogP contribution in [-0.2, 0) is 0 Å². The van der Waals surface area contributed by atoms with Gasteiger partial charge in [-0.3, -0.25) is 0 Å². The molecule has 0 aromatic carbocycles. The number of fused-ring (bicyclic) bond motifs is 1. The van der Waals surface area contributed by atoms with Gasteiger partial charge in [0.15, 0.2) is 11.5 Å². The number of rotatable bonds is 6. The highest BCUT2D eigenvalue weighted by molar-refractivity contribution is 5.66. The molecule has 2 aromatic rings. The lowest BCUT2D eigenvalue weighted by atomic mass is 10.3. The number of nitrogens with one attached hydrogen (secondary N) is 1. The Morgan fingerprint density at radius 1 is 1.42 bits per heavy atom. The van der Waals surface area contributed by atoms with Gasteiger partial charge in [-0.2, -0.15) is 0 Å². The summed E-state index contributed by atoms with van der Waals surface area (Å²) in [4.78, 5) is 11.5. The van der Waals surface area contributed by atoms with Gasteiger partial charge >= 0.3 is 0 Å². The Kier molecular flexibility index (Phi) is 3.27. The molecule has 1 aliphatic rings. The van der Waals surface area contributed by atoms with Crippen molar-refractivity contribution in [1.82, 2.24) is 14.4 Å². The molecular weight excluding hydrogens is 238 g/mol. The third kappa shape index (κ3) is 2.50. The van der Waals surface area contributed by atoms with Crippen LogP contribution in [-0.4, -0.2) is 34.0 Å². The van der Waals surface area contributed by atoms with Crippen molar-refractivity contribution in [2.75, 3.05) is 29.9 Å².